The van der Waals surface area contributed by atoms with E-state index in [0.29, 0.717) is 5.02 Å². The van der Waals surface area contributed by atoms with Crippen molar-refractivity contribution in [3.63, 3.8) is 0 Å². The smallest absolute Gasteiger partial charge is 0.243 e. The van der Waals surface area contributed by atoms with E-state index >= 15 is 0 Å². The van der Waals surface area contributed by atoms with Crippen LogP contribution in [-0.4, -0.2) is 39.5 Å². The molecule has 0 aliphatic rings. The van der Waals surface area contributed by atoms with Gasteiger partial charge in [-0.25, -0.2) is 8.42 Å². The van der Waals surface area contributed by atoms with E-state index < -0.39 is 10.0 Å². The van der Waals surface area contributed by atoms with Crippen LogP contribution >= 0.6 is 11.6 Å². The van der Waals surface area contributed by atoms with Crippen LogP contribution < -0.4 is 5.73 Å². The van der Waals surface area contributed by atoms with Gasteiger partial charge in [0.2, 0.25) is 10.0 Å². The van der Waals surface area contributed by atoms with Gasteiger partial charge in [0.05, 0.1) is 28.3 Å². The molecule has 1 rings (SSSR count). The van der Waals surface area contributed by atoms with Crippen LogP contribution in [0.1, 0.15) is 6.42 Å². The highest BCUT2D eigenvalue weighted by atomic mass is 35.5. The Morgan fingerprint density at radius 2 is 2.15 bits per heavy atom. The molecule has 0 fully saturated rings. The van der Waals surface area contributed by atoms with Crippen molar-refractivity contribution in [2.45, 2.75) is 11.3 Å². The van der Waals surface area contributed by atoms with Gasteiger partial charge in [-0.15, -0.1) is 0 Å². The van der Waals surface area contributed by atoms with Crippen molar-refractivity contribution in [2.24, 2.45) is 0 Å². The molecule has 0 saturated carbocycles. The number of ether oxygens (including phenoxy) is 1. The fourth-order valence-corrected chi connectivity index (χ4v) is 3.13. The molecule has 0 saturated heterocycles. The van der Waals surface area contributed by atoms with Gasteiger partial charge in [-0.2, -0.15) is 9.57 Å². The number of nitriles is 1. The van der Waals surface area contributed by atoms with Crippen molar-refractivity contribution in [3.8, 4) is 6.07 Å². The standard InChI is InChI=1S/C12H16ClN3O3S/c1-19-8-7-16(6-2-5-14)20(17,18)10-3-4-11(13)12(15)9-10/h3-4,9H,2,6-8,15H2,1H3. The van der Waals surface area contributed by atoms with E-state index in [2.05, 4.69) is 0 Å². The summed E-state index contributed by atoms with van der Waals surface area (Å²) in [7, 11) is -2.24. The third kappa shape index (κ3) is 4.08. The third-order valence-electron chi connectivity index (χ3n) is 2.62. The molecular formula is C12H16ClN3O3S. The second-order valence-electron chi connectivity index (χ2n) is 3.99. The lowest BCUT2D eigenvalue weighted by Gasteiger charge is -2.21. The van der Waals surface area contributed by atoms with Gasteiger partial charge in [0.25, 0.3) is 0 Å². The highest BCUT2D eigenvalue weighted by Crippen LogP contribution is 2.24. The summed E-state index contributed by atoms with van der Waals surface area (Å²) in [5.74, 6) is 0. The van der Waals surface area contributed by atoms with Gasteiger partial charge < -0.3 is 10.5 Å². The van der Waals surface area contributed by atoms with Crippen LogP contribution in [-0.2, 0) is 14.8 Å². The maximum absolute atomic E-state index is 12.5. The Kier molecular flexibility index (Phi) is 6.23. The highest BCUT2D eigenvalue weighted by molar-refractivity contribution is 7.89. The molecule has 8 heteroatoms. The number of benzene rings is 1. The van der Waals surface area contributed by atoms with Crippen LogP contribution in [0.3, 0.4) is 0 Å². The summed E-state index contributed by atoms with van der Waals surface area (Å²) in [6.07, 6.45) is 0.103. The normalized spacial score (nSPS) is 11.5. The molecule has 0 heterocycles. The molecule has 1 aromatic rings. The second-order valence-corrected chi connectivity index (χ2v) is 6.33. The summed E-state index contributed by atoms with van der Waals surface area (Å²) in [4.78, 5) is 0.0495. The molecule has 1 aromatic carbocycles. The van der Waals surface area contributed by atoms with Crippen molar-refractivity contribution in [3.05, 3.63) is 23.2 Å². The highest BCUT2D eigenvalue weighted by Gasteiger charge is 2.24. The molecule has 0 radical (unpaired) electrons. The lowest BCUT2D eigenvalue weighted by Crippen LogP contribution is -2.34. The number of nitrogens with two attached hydrogens (primary N) is 1. The number of hydrogen-bond acceptors (Lipinski definition) is 5. The molecule has 0 atom stereocenters. The molecule has 2 N–H and O–H groups in total. The first-order valence-corrected chi connectivity index (χ1v) is 7.66. The maximum Gasteiger partial charge on any atom is 0.243 e. The molecular weight excluding hydrogens is 302 g/mol. The minimum absolute atomic E-state index is 0.0495. The van der Waals surface area contributed by atoms with E-state index in [1.54, 1.807) is 0 Å². The molecule has 0 unspecified atom stereocenters. The summed E-state index contributed by atoms with van der Waals surface area (Å²) < 4.78 is 31.0. The van der Waals surface area contributed by atoms with Crippen molar-refractivity contribution >= 4 is 27.3 Å². The number of nitrogens with zero attached hydrogens (tertiary/aromatic N) is 2. The van der Waals surface area contributed by atoms with E-state index in [4.69, 9.17) is 27.3 Å². The summed E-state index contributed by atoms with van der Waals surface area (Å²) in [5.41, 5.74) is 5.82. The Morgan fingerprint density at radius 1 is 1.45 bits per heavy atom. The quantitative estimate of drug-likeness (QED) is 0.768. The molecule has 110 valence electrons. The number of methoxy groups -OCH3 is 1. The van der Waals surface area contributed by atoms with E-state index in [1.807, 2.05) is 6.07 Å². The lowest BCUT2D eigenvalue weighted by atomic mass is 10.3. The number of nitrogen functional groups attached to an aromatic ring is 1. The predicted octanol–water partition coefficient (Wildman–Crippen LogP) is 1.47. The Bertz CT molecular complexity index is 598. The first-order chi connectivity index (χ1) is 9.43. The Labute approximate surface area is 123 Å². The average molecular weight is 318 g/mol. The Hall–Kier alpha value is -1.33. The largest absolute Gasteiger partial charge is 0.397 e. The zero-order chi connectivity index (χ0) is 15.2. The van der Waals surface area contributed by atoms with Crippen LogP contribution in [0.4, 0.5) is 5.69 Å². The van der Waals surface area contributed by atoms with Crippen LogP contribution in [0.15, 0.2) is 23.1 Å². The molecule has 0 aromatic heterocycles. The van der Waals surface area contributed by atoms with Crippen molar-refractivity contribution < 1.29 is 13.2 Å². The van der Waals surface area contributed by atoms with Crippen LogP contribution in [0.25, 0.3) is 0 Å². The van der Waals surface area contributed by atoms with Crippen molar-refractivity contribution in [1.29, 1.82) is 5.26 Å². The van der Waals surface area contributed by atoms with Gasteiger partial charge in [-0.1, -0.05) is 11.6 Å². The molecule has 0 aliphatic heterocycles. The first kappa shape index (κ1) is 16.7. The Balaban J connectivity index is 3.07. The number of rotatable bonds is 7. The third-order valence-corrected chi connectivity index (χ3v) is 4.86. The fourth-order valence-electron chi connectivity index (χ4n) is 1.55. The van der Waals surface area contributed by atoms with Gasteiger partial charge in [0.15, 0.2) is 0 Å². The topological polar surface area (TPSA) is 96.4 Å². The lowest BCUT2D eigenvalue weighted by molar-refractivity contribution is 0.179. The molecule has 0 amide bonds. The molecule has 0 aliphatic carbocycles. The number of anilines is 1. The summed E-state index contributed by atoms with van der Waals surface area (Å²) in [6, 6.07) is 6.06. The van der Waals surface area contributed by atoms with E-state index in [1.165, 1.54) is 29.6 Å². The Morgan fingerprint density at radius 3 is 2.70 bits per heavy atom. The minimum atomic E-state index is -3.72. The van der Waals surface area contributed by atoms with Crippen LogP contribution in [0.5, 0.6) is 0 Å². The zero-order valence-corrected chi connectivity index (χ0v) is 12.6. The van der Waals surface area contributed by atoms with Gasteiger partial charge in [-0.05, 0) is 18.2 Å². The fraction of sp³-hybridized carbons (Fsp3) is 0.417. The number of sulfonamides is 1. The van der Waals surface area contributed by atoms with E-state index in [0.717, 1.165) is 0 Å². The maximum atomic E-state index is 12.5. The van der Waals surface area contributed by atoms with Gasteiger partial charge in [0.1, 0.15) is 0 Å². The number of hydrogen-bond donors (Lipinski definition) is 1. The van der Waals surface area contributed by atoms with Crippen molar-refractivity contribution in [1.82, 2.24) is 4.31 Å². The molecule has 0 bridgehead atoms. The van der Waals surface area contributed by atoms with Crippen LogP contribution in [0, 0.1) is 11.3 Å². The van der Waals surface area contributed by atoms with Gasteiger partial charge >= 0.3 is 0 Å². The molecule has 0 spiro atoms. The summed E-state index contributed by atoms with van der Waals surface area (Å²) >= 11 is 5.78. The zero-order valence-electron chi connectivity index (χ0n) is 11.0. The predicted molar refractivity (Wildman–Crippen MR) is 76.7 cm³/mol. The van der Waals surface area contributed by atoms with Crippen LogP contribution in [0.2, 0.25) is 5.02 Å². The average Bonchev–Trinajstić information content (AvgIpc) is 2.41. The van der Waals surface area contributed by atoms with Gasteiger partial charge in [-0.3, -0.25) is 0 Å². The first-order valence-electron chi connectivity index (χ1n) is 5.84. The minimum Gasteiger partial charge on any atom is -0.397 e. The van der Waals surface area contributed by atoms with E-state index in [-0.39, 0.29) is 36.7 Å². The van der Waals surface area contributed by atoms with E-state index in [9.17, 15) is 8.42 Å². The monoisotopic (exact) mass is 317 g/mol. The van der Waals surface area contributed by atoms with Crippen molar-refractivity contribution in [2.75, 3.05) is 32.5 Å². The second kappa shape index (κ2) is 7.45. The SMILES string of the molecule is COCCN(CCC#N)S(=O)(=O)c1ccc(Cl)c(N)c1. The summed E-state index contributed by atoms with van der Waals surface area (Å²) in [6.45, 7) is 0.515. The summed E-state index contributed by atoms with van der Waals surface area (Å²) in [5, 5.41) is 8.91. The molecule has 6 nitrogen and oxygen atoms in total. The molecule has 20 heavy (non-hydrogen) atoms. The van der Waals surface area contributed by atoms with Gasteiger partial charge in [0, 0.05) is 26.6 Å². The number of halogens is 1.